The van der Waals surface area contributed by atoms with Crippen molar-refractivity contribution in [2.75, 3.05) is 32.3 Å². The summed E-state index contributed by atoms with van der Waals surface area (Å²) < 4.78 is 17.4. The van der Waals surface area contributed by atoms with Gasteiger partial charge in [-0.2, -0.15) is 0 Å². The Bertz CT molecular complexity index is 1410. The smallest absolute Gasteiger partial charge is 0.341 e. The average molecular weight is 661 g/mol. The fourth-order valence-electron chi connectivity index (χ4n) is 5.04. The van der Waals surface area contributed by atoms with Gasteiger partial charge in [0, 0.05) is 17.1 Å². The van der Waals surface area contributed by atoms with Gasteiger partial charge in [0.15, 0.2) is 18.1 Å². The minimum absolute atomic E-state index is 0.0688. The topological polar surface area (TPSA) is 101 Å². The Labute approximate surface area is 259 Å². The lowest BCUT2D eigenvalue weighted by Gasteiger charge is -2.32. The molecule has 9 nitrogen and oxygen atoms in total. The number of hydrogen-bond acceptors (Lipinski definition) is 7. The fraction of sp³-hybridized carbons (Fsp3) is 0.387. The molecule has 0 bridgehead atoms. The van der Waals surface area contributed by atoms with Crippen molar-refractivity contribution in [1.29, 1.82) is 0 Å². The van der Waals surface area contributed by atoms with Gasteiger partial charge in [0.1, 0.15) is 16.6 Å². The van der Waals surface area contributed by atoms with E-state index in [-0.39, 0.29) is 29.6 Å². The van der Waals surface area contributed by atoms with Crippen LogP contribution in [0, 0.1) is 5.92 Å². The van der Waals surface area contributed by atoms with Crippen molar-refractivity contribution in [1.82, 2.24) is 4.90 Å². The Morgan fingerprint density at radius 3 is 2.60 bits per heavy atom. The normalized spacial score (nSPS) is 17.2. The van der Waals surface area contributed by atoms with Gasteiger partial charge in [0.05, 0.1) is 38.5 Å². The minimum Gasteiger partial charge on any atom is -0.493 e. The van der Waals surface area contributed by atoms with Crippen LogP contribution in [0.5, 0.6) is 17.2 Å². The molecule has 2 aromatic carbocycles. The zero-order valence-electron chi connectivity index (χ0n) is 24.0. The molecule has 2 unspecified atom stereocenters. The molecule has 0 spiro atoms. The fourth-order valence-corrected chi connectivity index (χ4v) is 5.79. The van der Waals surface area contributed by atoms with E-state index in [0.717, 1.165) is 22.3 Å². The van der Waals surface area contributed by atoms with E-state index >= 15 is 0 Å². The van der Waals surface area contributed by atoms with Crippen molar-refractivity contribution < 1.29 is 28.9 Å². The molecule has 0 saturated carbocycles. The first-order chi connectivity index (χ1) is 20.1. The van der Waals surface area contributed by atoms with Crippen LogP contribution in [0.1, 0.15) is 32.3 Å². The predicted molar refractivity (Wildman–Crippen MR) is 167 cm³/mol. The van der Waals surface area contributed by atoms with Crippen LogP contribution in [0.25, 0.3) is 0 Å². The van der Waals surface area contributed by atoms with Crippen LogP contribution < -0.4 is 19.1 Å². The Morgan fingerprint density at radius 1 is 1.14 bits per heavy atom. The number of benzene rings is 2. The first kappa shape index (κ1) is 31.4. The number of hydrogen-bond donors (Lipinski definition) is 1. The van der Waals surface area contributed by atoms with Crippen LogP contribution in [-0.4, -0.2) is 67.2 Å². The largest absolute Gasteiger partial charge is 0.493 e. The third-order valence-electron chi connectivity index (χ3n) is 7.13. The van der Waals surface area contributed by atoms with E-state index in [9.17, 15) is 14.7 Å². The summed E-state index contributed by atoms with van der Waals surface area (Å²) in [5.41, 5.74) is 1.34. The van der Waals surface area contributed by atoms with Gasteiger partial charge in [0.25, 0.3) is 0 Å². The Balaban J connectivity index is 1.72. The van der Waals surface area contributed by atoms with E-state index < -0.39 is 12.6 Å². The number of carboxylic acid groups (broad SMARTS) is 1. The van der Waals surface area contributed by atoms with Gasteiger partial charge in [-0.05, 0) is 66.8 Å². The van der Waals surface area contributed by atoms with E-state index in [1.165, 1.54) is 14.2 Å². The van der Waals surface area contributed by atoms with Crippen LogP contribution in [0.4, 0.5) is 5.69 Å². The minimum atomic E-state index is -1.06. The summed E-state index contributed by atoms with van der Waals surface area (Å²) in [5.74, 6) is 1.31. The average Bonchev–Trinajstić information content (AvgIpc) is 3.30. The summed E-state index contributed by atoms with van der Waals surface area (Å²) in [5, 5.41) is 9.47. The number of halogens is 2. The molecule has 11 heteroatoms. The van der Waals surface area contributed by atoms with E-state index in [1.807, 2.05) is 36.6 Å². The second-order valence-electron chi connectivity index (χ2n) is 10.4. The Kier molecular flexibility index (Phi) is 10.6. The summed E-state index contributed by atoms with van der Waals surface area (Å²) in [6.45, 7) is 3.97. The molecule has 4 rings (SSSR count). The highest BCUT2D eigenvalue weighted by Crippen LogP contribution is 2.42. The summed E-state index contributed by atoms with van der Waals surface area (Å²) in [4.78, 5) is 33.8. The maximum absolute atomic E-state index is 13.8. The highest BCUT2D eigenvalue weighted by molar-refractivity contribution is 9.10. The standard InChI is InChI=1S/C31H35BrClN3O6/c1-19(2)8-13-28(37)36(23-10-12-26(40-3)31(41-4)30(23)33)17-22-24(35-14-6-5-7-27(35)34-22)16-20-15-21(32)9-11-25(20)42-18-29(38)39/h5-7,9-12,14-15,19,22,24H,8,13,16-18H2,1-4H3,(H,38,39). The number of amides is 1. The highest BCUT2D eigenvalue weighted by atomic mass is 79.9. The molecule has 1 N–H and O–H groups in total. The third kappa shape index (κ3) is 7.28. The zero-order chi connectivity index (χ0) is 30.4. The number of rotatable bonds is 13. The van der Waals surface area contributed by atoms with Crippen LogP contribution in [0.3, 0.4) is 0 Å². The molecule has 2 heterocycles. The monoisotopic (exact) mass is 659 g/mol. The Hall–Kier alpha value is -3.50. The second-order valence-corrected chi connectivity index (χ2v) is 11.7. The number of allylic oxidation sites excluding steroid dienone is 2. The van der Waals surface area contributed by atoms with Gasteiger partial charge < -0.3 is 29.1 Å². The highest BCUT2D eigenvalue weighted by Gasteiger charge is 2.38. The number of fused-ring (bicyclic) bond motifs is 1. The van der Waals surface area contributed by atoms with E-state index in [2.05, 4.69) is 34.7 Å². The van der Waals surface area contributed by atoms with Crippen molar-refractivity contribution >= 4 is 50.9 Å². The molecular weight excluding hydrogens is 626 g/mol. The Morgan fingerprint density at radius 2 is 1.90 bits per heavy atom. The van der Waals surface area contributed by atoms with Crippen molar-refractivity contribution in [2.45, 2.75) is 45.2 Å². The number of ether oxygens (including phenoxy) is 3. The molecule has 2 aliphatic heterocycles. The van der Waals surface area contributed by atoms with Crippen molar-refractivity contribution in [3.8, 4) is 17.2 Å². The number of nitrogens with zero attached hydrogens (tertiary/aromatic N) is 3. The number of aliphatic carboxylic acids is 1. The number of anilines is 1. The lowest BCUT2D eigenvalue weighted by Crippen LogP contribution is -2.45. The van der Waals surface area contributed by atoms with Gasteiger partial charge in [0.2, 0.25) is 5.91 Å². The van der Waals surface area contributed by atoms with Crippen molar-refractivity contribution in [3.05, 3.63) is 69.8 Å². The van der Waals surface area contributed by atoms with E-state index in [4.69, 9.17) is 30.8 Å². The summed E-state index contributed by atoms with van der Waals surface area (Å²) in [7, 11) is 3.04. The second kappa shape index (κ2) is 14.1. The molecule has 224 valence electrons. The molecule has 2 atom stereocenters. The van der Waals surface area contributed by atoms with Gasteiger partial charge >= 0.3 is 5.97 Å². The number of aliphatic imine (C=N–C) groups is 1. The molecule has 0 fully saturated rings. The van der Waals surface area contributed by atoms with E-state index in [0.29, 0.717) is 41.7 Å². The number of methoxy groups -OCH3 is 2. The molecule has 42 heavy (non-hydrogen) atoms. The van der Waals surface area contributed by atoms with Gasteiger partial charge in [-0.15, -0.1) is 0 Å². The van der Waals surface area contributed by atoms with Crippen LogP contribution in [0.2, 0.25) is 5.02 Å². The first-order valence-corrected chi connectivity index (χ1v) is 14.8. The zero-order valence-corrected chi connectivity index (χ0v) is 26.4. The molecule has 0 saturated heterocycles. The van der Waals surface area contributed by atoms with Crippen LogP contribution in [0.15, 0.2) is 64.2 Å². The molecular formula is C31H35BrClN3O6. The molecule has 2 aromatic rings. The molecule has 2 aliphatic rings. The maximum atomic E-state index is 13.8. The predicted octanol–water partition coefficient (Wildman–Crippen LogP) is 6.13. The molecule has 0 aliphatic carbocycles. The first-order valence-electron chi connectivity index (χ1n) is 13.7. The van der Waals surface area contributed by atoms with Gasteiger partial charge in [-0.25, -0.2) is 4.79 Å². The maximum Gasteiger partial charge on any atom is 0.341 e. The molecule has 0 aromatic heterocycles. The van der Waals surface area contributed by atoms with Gasteiger partial charge in [-0.3, -0.25) is 9.79 Å². The lowest BCUT2D eigenvalue weighted by atomic mass is 9.97. The van der Waals surface area contributed by atoms with E-state index in [1.54, 1.807) is 23.1 Å². The number of carboxylic acids is 1. The third-order valence-corrected chi connectivity index (χ3v) is 7.99. The van der Waals surface area contributed by atoms with Crippen LogP contribution in [-0.2, 0) is 16.0 Å². The summed E-state index contributed by atoms with van der Waals surface area (Å²) in [6.07, 6.45) is 9.32. The SMILES string of the molecule is COc1ccc(N(CC2N=C3C=CC=CN3C2Cc2cc(Br)ccc2OCC(=O)O)C(=O)CCC(C)C)c(Cl)c1OC. The number of carbonyl (C=O) groups excluding carboxylic acids is 1. The van der Waals surface area contributed by atoms with Gasteiger partial charge in [-0.1, -0.05) is 47.5 Å². The summed E-state index contributed by atoms with van der Waals surface area (Å²) >= 11 is 10.4. The number of amidine groups is 1. The summed E-state index contributed by atoms with van der Waals surface area (Å²) in [6, 6.07) is 8.47. The molecule has 0 radical (unpaired) electrons. The van der Waals surface area contributed by atoms with Crippen LogP contribution >= 0.6 is 27.5 Å². The lowest BCUT2D eigenvalue weighted by molar-refractivity contribution is -0.139. The van der Waals surface area contributed by atoms with Crippen molar-refractivity contribution in [3.63, 3.8) is 0 Å². The van der Waals surface area contributed by atoms with Crippen molar-refractivity contribution in [2.24, 2.45) is 10.9 Å². The molecule has 1 amide bonds. The number of carbonyl (C=O) groups is 2. The quantitative estimate of drug-likeness (QED) is 0.276.